The summed E-state index contributed by atoms with van der Waals surface area (Å²) < 4.78 is 0. The van der Waals surface area contributed by atoms with Gasteiger partial charge in [-0.1, -0.05) is 6.07 Å². The van der Waals surface area contributed by atoms with E-state index in [0.717, 1.165) is 66.5 Å². The molecular weight excluding hydrogens is 464 g/mol. The number of hydrogen-bond donors (Lipinski definition) is 2. The predicted molar refractivity (Wildman–Crippen MR) is 143 cm³/mol. The van der Waals surface area contributed by atoms with Crippen LogP contribution >= 0.6 is 0 Å². The first kappa shape index (κ1) is 23.5. The SMILES string of the molecule is Cc1nccc(-c2ccc3nc(Nc4cc([C@H](C)N5CCN(C(=O)CC6CC6)CC5)ccn4)[nH]c3c2)n1. The lowest BCUT2D eigenvalue weighted by Crippen LogP contribution is -2.49. The number of nitrogens with zero attached hydrogens (tertiary/aromatic N) is 6. The molecule has 2 N–H and O–H groups in total. The highest BCUT2D eigenvalue weighted by atomic mass is 16.2. The van der Waals surface area contributed by atoms with Crippen LogP contribution < -0.4 is 5.32 Å². The molecule has 0 spiro atoms. The van der Waals surface area contributed by atoms with Crippen LogP contribution in [0.3, 0.4) is 0 Å². The van der Waals surface area contributed by atoms with Crippen molar-refractivity contribution in [2.45, 2.75) is 39.2 Å². The van der Waals surface area contributed by atoms with Gasteiger partial charge >= 0.3 is 0 Å². The number of benzene rings is 1. The maximum absolute atomic E-state index is 12.5. The number of anilines is 2. The highest BCUT2D eigenvalue weighted by molar-refractivity contribution is 5.83. The van der Waals surface area contributed by atoms with Gasteiger partial charge in [-0.05, 0) is 68.5 Å². The van der Waals surface area contributed by atoms with Crippen LogP contribution in [0.25, 0.3) is 22.3 Å². The average Bonchev–Trinajstić information content (AvgIpc) is 3.64. The van der Waals surface area contributed by atoms with Gasteiger partial charge in [0.25, 0.3) is 0 Å². The third kappa shape index (κ3) is 5.32. The van der Waals surface area contributed by atoms with Crippen LogP contribution in [-0.2, 0) is 4.79 Å². The highest BCUT2D eigenvalue weighted by Gasteiger charge is 2.29. The molecule has 0 bridgehead atoms. The molecule has 37 heavy (non-hydrogen) atoms. The van der Waals surface area contributed by atoms with Crippen LogP contribution in [0.5, 0.6) is 0 Å². The van der Waals surface area contributed by atoms with Gasteiger partial charge < -0.3 is 15.2 Å². The summed E-state index contributed by atoms with van der Waals surface area (Å²) in [4.78, 5) is 38.2. The molecule has 190 valence electrons. The fourth-order valence-electron chi connectivity index (χ4n) is 5.01. The second kappa shape index (κ2) is 9.89. The molecule has 1 saturated carbocycles. The van der Waals surface area contributed by atoms with Crippen molar-refractivity contribution in [3.8, 4) is 11.3 Å². The molecule has 2 aliphatic rings. The van der Waals surface area contributed by atoms with E-state index in [1.54, 1.807) is 6.20 Å². The van der Waals surface area contributed by atoms with Gasteiger partial charge in [0.2, 0.25) is 11.9 Å². The molecule has 9 heteroatoms. The van der Waals surface area contributed by atoms with Crippen molar-refractivity contribution in [3.05, 3.63) is 60.2 Å². The van der Waals surface area contributed by atoms with Gasteiger partial charge in [0, 0.05) is 56.6 Å². The monoisotopic (exact) mass is 496 g/mol. The van der Waals surface area contributed by atoms with E-state index in [1.165, 1.54) is 18.4 Å². The zero-order valence-corrected chi connectivity index (χ0v) is 21.3. The van der Waals surface area contributed by atoms with Gasteiger partial charge in [0.1, 0.15) is 11.6 Å². The lowest BCUT2D eigenvalue weighted by atomic mass is 10.1. The van der Waals surface area contributed by atoms with Crippen LogP contribution in [-0.4, -0.2) is 66.8 Å². The van der Waals surface area contributed by atoms with Gasteiger partial charge in [0.15, 0.2) is 0 Å². The molecule has 1 aliphatic carbocycles. The Kier molecular flexibility index (Phi) is 6.30. The van der Waals surface area contributed by atoms with Gasteiger partial charge in [-0.15, -0.1) is 0 Å². The zero-order chi connectivity index (χ0) is 25.4. The number of carbonyl (C=O) groups is 1. The van der Waals surface area contributed by atoms with E-state index in [0.29, 0.717) is 17.8 Å². The minimum atomic E-state index is 0.235. The number of nitrogens with one attached hydrogen (secondary N) is 2. The number of piperazine rings is 1. The summed E-state index contributed by atoms with van der Waals surface area (Å²) in [7, 11) is 0. The largest absolute Gasteiger partial charge is 0.340 e. The number of imidazole rings is 1. The number of amides is 1. The molecule has 4 aromatic rings. The number of carbonyl (C=O) groups excluding carboxylic acids is 1. The first-order chi connectivity index (χ1) is 18.0. The molecule has 0 radical (unpaired) electrons. The number of pyridine rings is 1. The highest BCUT2D eigenvalue weighted by Crippen LogP contribution is 2.33. The normalized spacial score (nSPS) is 17.2. The summed E-state index contributed by atoms with van der Waals surface area (Å²) >= 11 is 0. The van der Waals surface area contributed by atoms with Crippen molar-refractivity contribution < 1.29 is 4.79 Å². The predicted octanol–water partition coefficient (Wildman–Crippen LogP) is 4.47. The molecule has 2 fully saturated rings. The van der Waals surface area contributed by atoms with Crippen LogP contribution in [0.4, 0.5) is 11.8 Å². The van der Waals surface area contributed by atoms with Crippen molar-refractivity contribution in [3.63, 3.8) is 0 Å². The van der Waals surface area contributed by atoms with Gasteiger partial charge in [-0.3, -0.25) is 9.69 Å². The Morgan fingerprint density at radius 1 is 1.05 bits per heavy atom. The third-order valence-corrected chi connectivity index (χ3v) is 7.44. The number of fused-ring (bicyclic) bond motifs is 1. The summed E-state index contributed by atoms with van der Waals surface area (Å²) in [5, 5.41) is 3.33. The lowest BCUT2D eigenvalue weighted by Gasteiger charge is -2.38. The molecule has 4 heterocycles. The van der Waals surface area contributed by atoms with Crippen molar-refractivity contribution in [2.24, 2.45) is 5.92 Å². The van der Waals surface area contributed by atoms with Crippen LogP contribution in [0, 0.1) is 12.8 Å². The van der Waals surface area contributed by atoms with E-state index < -0.39 is 0 Å². The minimum absolute atomic E-state index is 0.235. The number of aryl methyl sites for hydroxylation is 1. The molecule has 1 aromatic carbocycles. The molecule has 1 atom stereocenters. The van der Waals surface area contributed by atoms with E-state index in [4.69, 9.17) is 0 Å². The van der Waals surface area contributed by atoms with E-state index in [2.05, 4.69) is 60.3 Å². The third-order valence-electron chi connectivity index (χ3n) is 7.44. The second-order valence-electron chi connectivity index (χ2n) is 10.1. The number of rotatable bonds is 7. The topological polar surface area (TPSA) is 103 Å². The molecule has 9 nitrogen and oxygen atoms in total. The van der Waals surface area contributed by atoms with Crippen LogP contribution in [0.2, 0.25) is 0 Å². The number of H-pyrrole nitrogens is 1. The van der Waals surface area contributed by atoms with Crippen LogP contribution in [0.15, 0.2) is 48.8 Å². The van der Waals surface area contributed by atoms with Crippen LogP contribution in [0.1, 0.15) is 43.6 Å². The number of aromatic nitrogens is 5. The first-order valence-electron chi connectivity index (χ1n) is 13.1. The quantitative estimate of drug-likeness (QED) is 0.389. The van der Waals surface area contributed by atoms with Crippen molar-refractivity contribution in [1.82, 2.24) is 34.7 Å². The van der Waals surface area contributed by atoms with E-state index in [9.17, 15) is 4.79 Å². The Balaban J connectivity index is 1.12. The number of hydrogen-bond acceptors (Lipinski definition) is 7. The lowest BCUT2D eigenvalue weighted by molar-refractivity contribution is -0.133. The zero-order valence-electron chi connectivity index (χ0n) is 21.3. The minimum Gasteiger partial charge on any atom is -0.340 e. The maximum Gasteiger partial charge on any atom is 0.222 e. The summed E-state index contributed by atoms with van der Waals surface area (Å²) in [6, 6.07) is 12.4. The molecular formula is C28H32N8O. The summed E-state index contributed by atoms with van der Waals surface area (Å²) in [5.41, 5.74) is 4.88. The fourth-order valence-corrected chi connectivity index (χ4v) is 5.01. The molecule has 1 amide bonds. The standard InChI is InChI=1S/C28H32N8O/c1-18(35-11-13-36(14-12-35)27(37)15-20-3-4-20)21-7-9-30-26(17-21)34-28-32-24-6-5-22(16-25(24)33-28)23-8-10-29-19(2)31-23/h5-10,16-18,20H,3-4,11-15H2,1-2H3,(H2,30,32,33,34)/t18-/m0/s1. The maximum atomic E-state index is 12.5. The summed E-state index contributed by atoms with van der Waals surface area (Å²) in [6.07, 6.45) is 6.79. The smallest absolute Gasteiger partial charge is 0.222 e. The van der Waals surface area contributed by atoms with Gasteiger partial charge in [0.05, 0.1) is 16.7 Å². The van der Waals surface area contributed by atoms with E-state index in [-0.39, 0.29) is 6.04 Å². The Labute approximate surface area is 216 Å². The van der Waals surface area contributed by atoms with Gasteiger partial charge in [-0.25, -0.2) is 19.9 Å². The molecule has 0 unspecified atom stereocenters. The summed E-state index contributed by atoms with van der Waals surface area (Å²) in [6.45, 7) is 7.50. The Hall–Kier alpha value is -3.85. The fraction of sp³-hybridized carbons (Fsp3) is 0.393. The van der Waals surface area contributed by atoms with E-state index >= 15 is 0 Å². The molecule has 6 rings (SSSR count). The summed E-state index contributed by atoms with van der Waals surface area (Å²) in [5.74, 6) is 3.10. The van der Waals surface area contributed by atoms with Gasteiger partial charge in [-0.2, -0.15) is 0 Å². The Bertz CT molecular complexity index is 1420. The second-order valence-corrected chi connectivity index (χ2v) is 10.1. The van der Waals surface area contributed by atoms with Crippen molar-refractivity contribution in [1.29, 1.82) is 0 Å². The molecule has 1 aliphatic heterocycles. The van der Waals surface area contributed by atoms with Crippen molar-refractivity contribution >= 4 is 28.7 Å². The number of aromatic amines is 1. The average molecular weight is 497 g/mol. The van der Waals surface area contributed by atoms with E-state index in [1.807, 2.05) is 36.2 Å². The Morgan fingerprint density at radius 2 is 1.86 bits per heavy atom. The van der Waals surface area contributed by atoms with Crippen molar-refractivity contribution in [2.75, 3.05) is 31.5 Å². The molecule has 3 aromatic heterocycles. The molecule has 1 saturated heterocycles. The first-order valence-corrected chi connectivity index (χ1v) is 13.1. The Morgan fingerprint density at radius 3 is 2.65 bits per heavy atom.